The largest absolute Gasteiger partial charge is 0.370 e. The Morgan fingerprint density at radius 3 is 2.57 bits per heavy atom. The third-order valence-electron chi connectivity index (χ3n) is 5.58. The van der Waals surface area contributed by atoms with Crippen LogP contribution >= 0.6 is 7.14 Å². The number of hydrogen-bond acceptors (Lipinski definition) is 3. The SMILES string of the molecule is CP(C)(=O)c1ccnc(NCCC23CCC(CC2)CC3)c1. The van der Waals surface area contributed by atoms with Crippen LogP contribution in [0.5, 0.6) is 0 Å². The topological polar surface area (TPSA) is 42.0 Å². The normalized spacial score (nSPS) is 28.6. The fraction of sp³-hybridized carbons (Fsp3) is 0.706. The summed E-state index contributed by atoms with van der Waals surface area (Å²) in [4.78, 5) is 4.36. The minimum Gasteiger partial charge on any atom is -0.370 e. The van der Waals surface area contributed by atoms with Crippen LogP contribution in [0.3, 0.4) is 0 Å². The molecule has 0 radical (unpaired) electrons. The van der Waals surface area contributed by atoms with Gasteiger partial charge in [-0.1, -0.05) is 0 Å². The highest BCUT2D eigenvalue weighted by Crippen LogP contribution is 2.52. The van der Waals surface area contributed by atoms with Crippen LogP contribution in [0.2, 0.25) is 0 Å². The molecule has 0 saturated heterocycles. The van der Waals surface area contributed by atoms with Crippen molar-refractivity contribution in [2.24, 2.45) is 11.3 Å². The van der Waals surface area contributed by atoms with Crippen molar-refractivity contribution in [3.63, 3.8) is 0 Å². The Hall–Kier alpha value is -0.820. The maximum Gasteiger partial charge on any atom is 0.126 e. The van der Waals surface area contributed by atoms with E-state index in [1.165, 1.54) is 44.9 Å². The summed E-state index contributed by atoms with van der Waals surface area (Å²) in [5.74, 6) is 1.90. The molecule has 3 fully saturated rings. The molecule has 2 bridgehead atoms. The zero-order valence-corrected chi connectivity index (χ0v) is 14.2. The monoisotopic (exact) mass is 306 g/mol. The third-order valence-corrected chi connectivity index (χ3v) is 7.10. The van der Waals surface area contributed by atoms with Gasteiger partial charge in [-0.2, -0.15) is 0 Å². The van der Waals surface area contributed by atoms with Crippen LogP contribution in [-0.4, -0.2) is 24.9 Å². The number of pyridine rings is 1. The summed E-state index contributed by atoms with van der Waals surface area (Å²) in [5.41, 5.74) is 0.601. The minimum absolute atomic E-state index is 0.601. The van der Waals surface area contributed by atoms with E-state index in [0.29, 0.717) is 5.41 Å². The second-order valence-electron chi connectivity index (χ2n) is 7.41. The Morgan fingerprint density at radius 1 is 1.29 bits per heavy atom. The van der Waals surface area contributed by atoms with Gasteiger partial charge in [0, 0.05) is 18.0 Å². The van der Waals surface area contributed by atoms with E-state index < -0.39 is 7.14 Å². The molecule has 21 heavy (non-hydrogen) atoms. The molecule has 0 spiro atoms. The van der Waals surface area contributed by atoms with Crippen LogP contribution in [0.4, 0.5) is 5.82 Å². The highest BCUT2D eigenvalue weighted by Gasteiger charge is 2.39. The highest BCUT2D eigenvalue weighted by atomic mass is 31.2. The number of nitrogens with one attached hydrogen (secondary N) is 1. The van der Waals surface area contributed by atoms with E-state index in [0.717, 1.165) is 23.6 Å². The van der Waals surface area contributed by atoms with Gasteiger partial charge >= 0.3 is 0 Å². The molecule has 1 aromatic rings. The second kappa shape index (κ2) is 5.76. The lowest BCUT2D eigenvalue weighted by Crippen LogP contribution is -2.35. The molecule has 3 aliphatic rings. The number of hydrogen-bond donors (Lipinski definition) is 1. The molecule has 0 unspecified atom stereocenters. The molecular formula is C17H27N2OP. The van der Waals surface area contributed by atoms with Gasteiger partial charge in [0.15, 0.2) is 0 Å². The van der Waals surface area contributed by atoms with Crippen molar-refractivity contribution in [1.82, 2.24) is 4.98 Å². The number of aromatic nitrogens is 1. The van der Waals surface area contributed by atoms with Crippen molar-refractivity contribution in [3.8, 4) is 0 Å². The first-order chi connectivity index (χ1) is 9.97. The summed E-state index contributed by atoms with van der Waals surface area (Å²) in [6, 6.07) is 3.82. The summed E-state index contributed by atoms with van der Waals surface area (Å²) >= 11 is 0. The van der Waals surface area contributed by atoms with Crippen molar-refractivity contribution in [2.75, 3.05) is 25.2 Å². The van der Waals surface area contributed by atoms with E-state index in [1.807, 2.05) is 25.5 Å². The van der Waals surface area contributed by atoms with Crippen LogP contribution in [0.25, 0.3) is 0 Å². The van der Waals surface area contributed by atoms with Crippen LogP contribution in [0, 0.1) is 11.3 Å². The van der Waals surface area contributed by atoms with E-state index in [4.69, 9.17) is 0 Å². The number of rotatable bonds is 5. The van der Waals surface area contributed by atoms with Crippen molar-refractivity contribution in [2.45, 2.75) is 44.9 Å². The summed E-state index contributed by atoms with van der Waals surface area (Å²) in [6.07, 6.45) is 11.6. The molecule has 0 aromatic carbocycles. The smallest absolute Gasteiger partial charge is 0.126 e. The molecule has 1 N–H and O–H groups in total. The lowest BCUT2D eigenvalue weighted by molar-refractivity contribution is 0.0600. The summed E-state index contributed by atoms with van der Waals surface area (Å²) in [6.45, 7) is 4.61. The van der Waals surface area contributed by atoms with Gasteiger partial charge in [0.25, 0.3) is 0 Å². The molecule has 116 valence electrons. The van der Waals surface area contributed by atoms with Crippen LogP contribution < -0.4 is 10.6 Å². The van der Waals surface area contributed by atoms with Crippen LogP contribution in [0.1, 0.15) is 44.9 Å². The van der Waals surface area contributed by atoms with Crippen LogP contribution in [0.15, 0.2) is 18.3 Å². The van der Waals surface area contributed by atoms with Crippen molar-refractivity contribution >= 4 is 18.3 Å². The number of anilines is 1. The third kappa shape index (κ3) is 3.51. The molecule has 3 nitrogen and oxygen atoms in total. The maximum atomic E-state index is 12.1. The maximum absolute atomic E-state index is 12.1. The second-order valence-corrected chi connectivity index (χ2v) is 10.6. The summed E-state index contributed by atoms with van der Waals surface area (Å²) in [5, 5.41) is 4.36. The quantitative estimate of drug-likeness (QED) is 0.833. The van der Waals surface area contributed by atoms with Crippen molar-refractivity contribution in [1.29, 1.82) is 0 Å². The van der Waals surface area contributed by atoms with Gasteiger partial charge in [-0.3, -0.25) is 0 Å². The molecule has 1 aromatic heterocycles. The molecule has 0 atom stereocenters. The molecule has 0 aliphatic heterocycles. The Kier molecular flexibility index (Phi) is 4.14. The molecule has 4 rings (SSSR count). The van der Waals surface area contributed by atoms with Gasteiger partial charge in [0.2, 0.25) is 0 Å². The average Bonchev–Trinajstić information content (AvgIpc) is 2.48. The molecule has 4 heteroatoms. The lowest BCUT2D eigenvalue weighted by Gasteiger charge is -2.46. The first-order valence-electron chi connectivity index (χ1n) is 8.22. The van der Waals surface area contributed by atoms with Crippen molar-refractivity contribution in [3.05, 3.63) is 18.3 Å². The molecular weight excluding hydrogens is 279 g/mol. The van der Waals surface area contributed by atoms with Crippen LogP contribution in [-0.2, 0) is 4.57 Å². The van der Waals surface area contributed by atoms with Gasteiger partial charge in [0.05, 0.1) is 0 Å². The molecule has 3 saturated carbocycles. The van der Waals surface area contributed by atoms with E-state index >= 15 is 0 Å². The standard InChI is InChI=1S/C17H27N2OP/c1-21(2,20)15-6-11-18-16(13-15)19-12-10-17-7-3-14(4-8-17)5-9-17/h6,11,13-14H,3-5,7-10,12H2,1-2H3,(H,18,19). The summed E-state index contributed by atoms with van der Waals surface area (Å²) < 4.78 is 12.1. The van der Waals surface area contributed by atoms with Gasteiger partial charge in [-0.05, 0) is 81.7 Å². The van der Waals surface area contributed by atoms with Crippen molar-refractivity contribution < 1.29 is 4.57 Å². The number of fused-ring (bicyclic) bond motifs is 3. The molecule has 0 amide bonds. The zero-order valence-electron chi connectivity index (χ0n) is 13.3. The Bertz CT molecular complexity index is 530. The minimum atomic E-state index is -2.20. The Balaban J connectivity index is 1.57. The van der Waals surface area contributed by atoms with Gasteiger partial charge in [-0.25, -0.2) is 4.98 Å². The molecule has 1 heterocycles. The first kappa shape index (κ1) is 15.1. The average molecular weight is 306 g/mol. The fourth-order valence-corrected chi connectivity index (χ4v) is 4.88. The lowest BCUT2D eigenvalue weighted by atomic mass is 9.59. The predicted molar refractivity (Wildman–Crippen MR) is 90.1 cm³/mol. The fourth-order valence-electron chi connectivity index (χ4n) is 4.02. The zero-order chi connectivity index (χ0) is 14.9. The predicted octanol–water partition coefficient (Wildman–Crippen LogP) is 4.10. The van der Waals surface area contributed by atoms with Gasteiger partial charge < -0.3 is 9.88 Å². The Labute approximate surface area is 128 Å². The van der Waals surface area contributed by atoms with E-state index in [1.54, 1.807) is 6.20 Å². The summed E-state index contributed by atoms with van der Waals surface area (Å²) in [7, 11) is -2.20. The van der Waals surface area contributed by atoms with E-state index in [-0.39, 0.29) is 0 Å². The van der Waals surface area contributed by atoms with E-state index in [2.05, 4.69) is 10.3 Å². The van der Waals surface area contributed by atoms with Gasteiger partial charge in [0.1, 0.15) is 13.0 Å². The molecule has 3 aliphatic carbocycles. The van der Waals surface area contributed by atoms with E-state index in [9.17, 15) is 4.57 Å². The first-order valence-corrected chi connectivity index (χ1v) is 10.8. The highest BCUT2D eigenvalue weighted by molar-refractivity contribution is 7.70. The van der Waals surface area contributed by atoms with Gasteiger partial charge in [-0.15, -0.1) is 0 Å². The Morgan fingerprint density at radius 2 is 1.95 bits per heavy atom. The number of nitrogens with zero attached hydrogens (tertiary/aromatic N) is 1.